The molecule has 0 amide bonds. The Morgan fingerprint density at radius 2 is 1.96 bits per heavy atom. The maximum atomic E-state index is 10.7. The highest BCUT2D eigenvalue weighted by Crippen LogP contribution is 2.64. The van der Waals surface area contributed by atoms with Crippen LogP contribution in [0.4, 0.5) is 0 Å². The van der Waals surface area contributed by atoms with Crippen molar-refractivity contribution in [2.75, 3.05) is 6.61 Å². The monoisotopic (exact) mass is 362 g/mol. The zero-order valence-corrected chi connectivity index (χ0v) is 16.4. The summed E-state index contributed by atoms with van der Waals surface area (Å²) in [6.07, 6.45) is 6.29. The molecule has 0 unspecified atom stereocenters. The van der Waals surface area contributed by atoms with Gasteiger partial charge in [0.1, 0.15) is 23.9 Å². The minimum Gasteiger partial charge on any atom is -0.392 e. The molecule has 0 aromatic rings. The van der Waals surface area contributed by atoms with E-state index in [0.29, 0.717) is 29.2 Å². The summed E-state index contributed by atoms with van der Waals surface area (Å²) < 4.78 is 5.95. The van der Waals surface area contributed by atoms with Crippen LogP contribution < -0.4 is 0 Å². The van der Waals surface area contributed by atoms with Gasteiger partial charge in [-0.3, -0.25) is 0 Å². The molecule has 0 spiro atoms. The molecule has 1 aliphatic heterocycles. The van der Waals surface area contributed by atoms with E-state index in [9.17, 15) is 15.3 Å². The molecule has 4 aliphatic rings. The molecule has 4 heteroatoms. The number of ether oxygens (including phenoxy) is 1. The zero-order valence-electron chi connectivity index (χ0n) is 16.4. The summed E-state index contributed by atoms with van der Waals surface area (Å²) in [7, 11) is 0. The molecule has 4 rings (SSSR count). The third kappa shape index (κ3) is 2.49. The molecule has 3 N–H and O–H groups in total. The van der Waals surface area contributed by atoms with Gasteiger partial charge in [-0.1, -0.05) is 39.3 Å². The van der Waals surface area contributed by atoms with Gasteiger partial charge in [-0.2, -0.15) is 0 Å². The summed E-state index contributed by atoms with van der Waals surface area (Å²) in [5.41, 5.74) is 1.55. The number of allylic oxidation sites excluding steroid dienone is 1. The van der Waals surface area contributed by atoms with E-state index in [1.54, 1.807) is 6.08 Å². The molecule has 4 nitrogen and oxygen atoms in total. The van der Waals surface area contributed by atoms with Gasteiger partial charge in [-0.15, -0.1) is 0 Å². The average molecular weight is 363 g/mol. The lowest BCUT2D eigenvalue weighted by Gasteiger charge is -2.58. The first-order valence-corrected chi connectivity index (χ1v) is 10.2. The predicted molar refractivity (Wildman–Crippen MR) is 100 cm³/mol. The lowest BCUT2D eigenvalue weighted by atomic mass is 9.46. The first kappa shape index (κ1) is 18.7. The maximum absolute atomic E-state index is 10.7. The standard InChI is InChI=1S/C22H34O4/c1-13-6-7-16-20(2,3)8-5-9-21(16,4)15(13)11-22-17(24)10-14(12-23)18(25)19(22)26-22/h10,15-19,23-25H,1,5-9,11-12H2,2-4H3/t15-,16-,17-,18+,19-,21+,22-/m0/s1. The summed E-state index contributed by atoms with van der Waals surface area (Å²) in [6, 6.07) is 0. The molecule has 1 heterocycles. The van der Waals surface area contributed by atoms with Crippen LogP contribution in [0.5, 0.6) is 0 Å². The lowest BCUT2D eigenvalue weighted by Crippen LogP contribution is -2.52. The zero-order chi connectivity index (χ0) is 18.9. The third-order valence-corrected chi connectivity index (χ3v) is 8.33. The number of epoxide rings is 1. The van der Waals surface area contributed by atoms with E-state index in [-0.39, 0.29) is 12.0 Å². The van der Waals surface area contributed by atoms with E-state index in [4.69, 9.17) is 4.74 Å². The lowest BCUT2D eigenvalue weighted by molar-refractivity contribution is -0.0644. The minimum atomic E-state index is -0.813. The minimum absolute atomic E-state index is 0.175. The van der Waals surface area contributed by atoms with Crippen molar-refractivity contribution < 1.29 is 20.1 Å². The number of fused-ring (bicyclic) bond motifs is 2. The molecule has 26 heavy (non-hydrogen) atoms. The topological polar surface area (TPSA) is 73.2 Å². The van der Waals surface area contributed by atoms with Crippen molar-refractivity contribution in [2.24, 2.45) is 22.7 Å². The van der Waals surface area contributed by atoms with Gasteiger partial charge in [0.25, 0.3) is 0 Å². The second kappa shape index (κ2) is 5.91. The quantitative estimate of drug-likeness (QED) is 0.533. The summed E-state index contributed by atoms with van der Waals surface area (Å²) in [6.45, 7) is 11.4. The van der Waals surface area contributed by atoms with Crippen molar-refractivity contribution in [1.82, 2.24) is 0 Å². The van der Waals surface area contributed by atoms with E-state index in [1.807, 2.05) is 0 Å². The van der Waals surface area contributed by atoms with Crippen LogP contribution in [0.2, 0.25) is 0 Å². The summed E-state index contributed by atoms with van der Waals surface area (Å²) in [5.74, 6) is 0.957. The molecule has 7 atom stereocenters. The van der Waals surface area contributed by atoms with E-state index < -0.39 is 23.9 Å². The van der Waals surface area contributed by atoms with Crippen LogP contribution in [0.3, 0.4) is 0 Å². The Bertz CT molecular complexity index is 638. The Labute approximate surface area is 156 Å². The van der Waals surface area contributed by atoms with Crippen LogP contribution in [0.1, 0.15) is 59.3 Å². The summed E-state index contributed by atoms with van der Waals surface area (Å²) >= 11 is 0. The Morgan fingerprint density at radius 3 is 2.65 bits per heavy atom. The normalized spacial score (nSPS) is 49.8. The molecule has 2 saturated carbocycles. The van der Waals surface area contributed by atoms with Gasteiger partial charge >= 0.3 is 0 Å². The largest absolute Gasteiger partial charge is 0.392 e. The first-order chi connectivity index (χ1) is 12.2. The molecular weight excluding hydrogens is 328 g/mol. The Kier molecular flexibility index (Phi) is 4.24. The molecule has 0 radical (unpaired) electrons. The molecular formula is C22H34O4. The van der Waals surface area contributed by atoms with Crippen LogP contribution in [-0.2, 0) is 4.74 Å². The van der Waals surface area contributed by atoms with Crippen LogP contribution in [0.25, 0.3) is 0 Å². The Morgan fingerprint density at radius 1 is 1.23 bits per heavy atom. The van der Waals surface area contributed by atoms with Gasteiger partial charge in [0, 0.05) is 0 Å². The van der Waals surface area contributed by atoms with Gasteiger partial charge in [0.2, 0.25) is 0 Å². The number of rotatable bonds is 3. The number of aliphatic hydroxyl groups excluding tert-OH is 3. The maximum Gasteiger partial charge on any atom is 0.128 e. The molecule has 3 aliphatic carbocycles. The van der Waals surface area contributed by atoms with Crippen molar-refractivity contribution in [3.8, 4) is 0 Å². The van der Waals surface area contributed by atoms with Gasteiger partial charge < -0.3 is 20.1 Å². The molecule has 146 valence electrons. The van der Waals surface area contributed by atoms with Crippen LogP contribution in [0.15, 0.2) is 23.8 Å². The highest BCUT2D eigenvalue weighted by Gasteiger charge is 2.68. The number of hydrogen-bond donors (Lipinski definition) is 3. The van der Waals surface area contributed by atoms with Crippen LogP contribution >= 0.6 is 0 Å². The second-order valence-corrected chi connectivity index (χ2v) is 10.1. The van der Waals surface area contributed by atoms with Crippen molar-refractivity contribution >= 4 is 0 Å². The molecule has 0 aromatic carbocycles. The molecule has 0 aromatic heterocycles. The first-order valence-electron chi connectivity index (χ1n) is 10.2. The van der Waals surface area contributed by atoms with E-state index >= 15 is 0 Å². The SMILES string of the molecule is C=C1CC[C@H]2C(C)(C)CCC[C@]2(C)[C@H]1C[C@@]12O[C@H]1[C@H](O)C(CO)=C[C@@H]2O. The highest BCUT2D eigenvalue weighted by atomic mass is 16.6. The third-order valence-electron chi connectivity index (χ3n) is 8.33. The second-order valence-electron chi connectivity index (χ2n) is 10.1. The smallest absolute Gasteiger partial charge is 0.128 e. The fourth-order valence-corrected chi connectivity index (χ4v) is 6.81. The van der Waals surface area contributed by atoms with Gasteiger partial charge in [-0.25, -0.2) is 0 Å². The average Bonchev–Trinajstić information content (AvgIpc) is 3.30. The Balaban J connectivity index is 1.63. The van der Waals surface area contributed by atoms with Crippen LogP contribution in [0, 0.1) is 22.7 Å². The van der Waals surface area contributed by atoms with Gasteiger partial charge in [0.15, 0.2) is 0 Å². The van der Waals surface area contributed by atoms with Crippen molar-refractivity contribution in [3.05, 3.63) is 23.8 Å². The van der Waals surface area contributed by atoms with Crippen molar-refractivity contribution in [2.45, 2.75) is 83.2 Å². The van der Waals surface area contributed by atoms with E-state index in [0.717, 1.165) is 6.42 Å². The van der Waals surface area contributed by atoms with Crippen LogP contribution in [-0.4, -0.2) is 45.8 Å². The van der Waals surface area contributed by atoms with Crippen molar-refractivity contribution in [1.29, 1.82) is 0 Å². The summed E-state index contributed by atoms with van der Waals surface area (Å²) in [5, 5.41) is 30.6. The van der Waals surface area contributed by atoms with Gasteiger partial charge in [0.05, 0.1) is 6.61 Å². The fourth-order valence-electron chi connectivity index (χ4n) is 6.81. The van der Waals surface area contributed by atoms with Crippen molar-refractivity contribution in [3.63, 3.8) is 0 Å². The van der Waals surface area contributed by atoms with E-state index in [1.165, 1.54) is 31.3 Å². The Hall–Kier alpha value is -0.680. The highest BCUT2D eigenvalue weighted by molar-refractivity contribution is 5.32. The van der Waals surface area contributed by atoms with Gasteiger partial charge in [-0.05, 0) is 66.4 Å². The number of hydrogen-bond acceptors (Lipinski definition) is 4. The van der Waals surface area contributed by atoms with E-state index in [2.05, 4.69) is 27.4 Å². The molecule has 0 bridgehead atoms. The fraction of sp³-hybridized carbons (Fsp3) is 0.818. The summed E-state index contributed by atoms with van der Waals surface area (Å²) in [4.78, 5) is 0. The predicted octanol–water partition coefficient (Wildman–Crippen LogP) is 2.97. The molecule has 3 fully saturated rings. The number of aliphatic hydroxyl groups is 3. The molecule has 1 saturated heterocycles.